The van der Waals surface area contributed by atoms with Gasteiger partial charge in [-0.25, -0.2) is 9.97 Å². The third kappa shape index (κ3) is 3.52. The lowest BCUT2D eigenvalue weighted by Crippen LogP contribution is -2.41. The van der Waals surface area contributed by atoms with E-state index in [9.17, 15) is 4.79 Å². The van der Waals surface area contributed by atoms with E-state index in [4.69, 9.17) is 0 Å². The monoisotopic (exact) mass is 339 g/mol. The minimum absolute atomic E-state index is 0.0772. The van der Waals surface area contributed by atoms with Crippen molar-refractivity contribution in [1.29, 1.82) is 0 Å². The first-order valence-corrected chi connectivity index (χ1v) is 9.28. The van der Waals surface area contributed by atoms with Gasteiger partial charge < -0.3 is 14.8 Å². The van der Waals surface area contributed by atoms with E-state index in [1.54, 1.807) is 6.20 Å². The molecule has 0 unspecified atom stereocenters. The van der Waals surface area contributed by atoms with Crippen LogP contribution in [0.15, 0.2) is 30.7 Å². The Hall–Kier alpha value is -2.37. The largest absolute Gasteiger partial charge is 0.367 e. The average Bonchev–Trinajstić information content (AvgIpc) is 3.34. The lowest BCUT2D eigenvalue weighted by Gasteiger charge is -2.34. The van der Waals surface area contributed by atoms with Crippen LogP contribution in [0.2, 0.25) is 0 Å². The van der Waals surface area contributed by atoms with Crippen LogP contribution >= 0.6 is 0 Å². The SMILES string of the molecule is CCc1nccn1[C@H]1CCCN(C(=O)c2ccc(NC3CC3)nc2)C1. The number of anilines is 1. The maximum absolute atomic E-state index is 12.9. The molecule has 0 radical (unpaired) electrons. The molecule has 1 saturated carbocycles. The van der Waals surface area contributed by atoms with Gasteiger partial charge in [-0.15, -0.1) is 0 Å². The van der Waals surface area contributed by atoms with Crippen LogP contribution in [0.3, 0.4) is 0 Å². The van der Waals surface area contributed by atoms with E-state index in [1.807, 2.05) is 29.4 Å². The first kappa shape index (κ1) is 16.1. The average molecular weight is 339 g/mol. The number of amides is 1. The van der Waals surface area contributed by atoms with Crippen molar-refractivity contribution < 1.29 is 4.79 Å². The van der Waals surface area contributed by atoms with E-state index < -0.39 is 0 Å². The lowest BCUT2D eigenvalue weighted by atomic mass is 10.0. The second-order valence-corrected chi connectivity index (χ2v) is 7.00. The zero-order valence-corrected chi connectivity index (χ0v) is 14.7. The van der Waals surface area contributed by atoms with Gasteiger partial charge in [0.1, 0.15) is 11.6 Å². The van der Waals surface area contributed by atoms with E-state index in [1.165, 1.54) is 12.8 Å². The number of hydrogen-bond donors (Lipinski definition) is 1. The van der Waals surface area contributed by atoms with Crippen molar-refractivity contribution in [3.63, 3.8) is 0 Å². The topological polar surface area (TPSA) is 63.1 Å². The first-order chi connectivity index (χ1) is 12.2. The van der Waals surface area contributed by atoms with Gasteiger partial charge in [0.25, 0.3) is 5.91 Å². The Kier molecular flexibility index (Phi) is 4.42. The number of carbonyl (C=O) groups is 1. The molecule has 2 aromatic rings. The van der Waals surface area contributed by atoms with E-state index in [-0.39, 0.29) is 5.91 Å². The number of aryl methyl sites for hydroxylation is 1. The van der Waals surface area contributed by atoms with Gasteiger partial charge in [-0.05, 0) is 37.8 Å². The summed E-state index contributed by atoms with van der Waals surface area (Å²) in [6.07, 6.45) is 11.0. The molecule has 1 aliphatic heterocycles. The summed E-state index contributed by atoms with van der Waals surface area (Å²) in [5, 5.41) is 3.35. The van der Waals surface area contributed by atoms with Crippen LogP contribution in [-0.2, 0) is 6.42 Å². The van der Waals surface area contributed by atoms with Crippen molar-refractivity contribution in [2.24, 2.45) is 0 Å². The van der Waals surface area contributed by atoms with Crippen LogP contribution in [0.5, 0.6) is 0 Å². The quantitative estimate of drug-likeness (QED) is 0.910. The Morgan fingerprint density at radius 3 is 2.88 bits per heavy atom. The minimum Gasteiger partial charge on any atom is -0.367 e. The molecule has 6 heteroatoms. The molecule has 4 rings (SSSR count). The van der Waals surface area contributed by atoms with Crippen LogP contribution in [0, 0.1) is 0 Å². The number of aromatic nitrogens is 3. The maximum Gasteiger partial charge on any atom is 0.255 e. The second-order valence-electron chi connectivity index (χ2n) is 7.00. The third-order valence-corrected chi connectivity index (χ3v) is 5.08. The number of piperidine rings is 1. The van der Waals surface area contributed by atoms with Crippen LogP contribution in [-0.4, -0.2) is 44.5 Å². The van der Waals surface area contributed by atoms with Gasteiger partial charge in [-0.3, -0.25) is 4.79 Å². The molecule has 1 amide bonds. The highest BCUT2D eigenvalue weighted by Crippen LogP contribution is 2.25. The maximum atomic E-state index is 12.9. The number of rotatable bonds is 5. The molecule has 1 atom stereocenters. The van der Waals surface area contributed by atoms with Crippen LogP contribution < -0.4 is 5.32 Å². The fourth-order valence-corrected chi connectivity index (χ4v) is 3.54. The third-order valence-electron chi connectivity index (χ3n) is 5.08. The molecule has 1 aliphatic carbocycles. The lowest BCUT2D eigenvalue weighted by molar-refractivity contribution is 0.0677. The molecule has 1 N–H and O–H groups in total. The van der Waals surface area contributed by atoms with Crippen molar-refractivity contribution in [1.82, 2.24) is 19.4 Å². The summed E-state index contributed by atoms with van der Waals surface area (Å²) in [4.78, 5) is 23.6. The van der Waals surface area contributed by atoms with Crippen molar-refractivity contribution in [2.45, 2.75) is 51.1 Å². The standard InChI is InChI=1S/C19H25N5O/c1-2-18-20-9-11-24(18)16-4-3-10-23(13-16)19(25)14-5-8-17(21-12-14)22-15-6-7-15/h5,8-9,11-12,15-16H,2-4,6-7,10,13H2,1H3,(H,21,22)/t16-/m0/s1. The Morgan fingerprint density at radius 2 is 2.16 bits per heavy atom. The summed E-state index contributed by atoms with van der Waals surface area (Å²) in [6.45, 7) is 3.67. The summed E-state index contributed by atoms with van der Waals surface area (Å²) in [5.41, 5.74) is 0.670. The number of likely N-dealkylation sites (tertiary alicyclic amines) is 1. The number of carbonyl (C=O) groups excluding carboxylic acids is 1. The van der Waals surface area contributed by atoms with Gasteiger partial charge in [-0.1, -0.05) is 6.92 Å². The summed E-state index contributed by atoms with van der Waals surface area (Å²) < 4.78 is 2.24. The molecule has 2 aliphatic rings. The van der Waals surface area contributed by atoms with E-state index in [0.717, 1.165) is 44.0 Å². The van der Waals surface area contributed by atoms with Crippen molar-refractivity contribution in [2.75, 3.05) is 18.4 Å². The summed E-state index contributed by atoms with van der Waals surface area (Å²) in [5.74, 6) is 2.03. The second kappa shape index (κ2) is 6.86. The van der Waals surface area contributed by atoms with Crippen molar-refractivity contribution >= 4 is 11.7 Å². The molecule has 6 nitrogen and oxygen atoms in total. The molecule has 132 valence electrons. The van der Waals surface area contributed by atoms with Gasteiger partial charge in [0, 0.05) is 44.1 Å². The number of pyridine rings is 1. The van der Waals surface area contributed by atoms with Crippen LogP contribution in [0.4, 0.5) is 5.82 Å². The molecule has 0 aromatic carbocycles. The Balaban J connectivity index is 1.44. The summed E-state index contributed by atoms with van der Waals surface area (Å²) in [6, 6.07) is 4.69. The van der Waals surface area contributed by atoms with E-state index >= 15 is 0 Å². The van der Waals surface area contributed by atoms with Crippen LogP contribution in [0.1, 0.15) is 54.8 Å². The summed E-state index contributed by atoms with van der Waals surface area (Å²) in [7, 11) is 0. The van der Waals surface area contributed by atoms with Gasteiger partial charge >= 0.3 is 0 Å². The van der Waals surface area contributed by atoms with Crippen molar-refractivity contribution in [3.05, 3.63) is 42.1 Å². The molecule has 1 saturated heterocycles. The summed E-state index contributed by atoms with van der Waals surface area (Å²) >= 11 is 0. The number of hydrogen-bond acceptors (Lipinski definition) is 4. The molecule has 0 spiro atoms. The Bertz CT molecular complexity index is 735. The number of nitrogens with one attached hydrogen (secondary N) is 1. The number of imidazole rings is 1. The highest BCUT2D eigenvalue weighted by atomic mass is 16.2. The molecule has 0 bridgehead atoms. The fraction of sp³-hybridized carbons (Fsp3) is 0.526. The molecule has 2 fully saturated rings. The Morgan fingerprint density at radius 1 is 1.28 bits per heavy atom. The molecule has 3 heterocycles. The van der Waals surface area contributed by atoms with E-state index in [0.29, 0.717) is 17.6 Å². The molecular weight excluding hydrogens is 314 g/mol. The smallest absolute Gasteiger partial charge is 0.255 e. The molecule has 25 heavy (non-hydrogen) atoms. The predicted molar refractivity (Wildman–Crippen MR) is 96.7 cm³/mol. The Labute approximate surface area is 148 Å². The fourth-order valence-electron chi connectivity index (χ4n) is 3.54. The minimum atomic E-state index is 0.0772. The van der Waals surface area contributed by atoms with Crippen molar-refractivity contribution in [3.8, 4) is 0 Å². The molecule has 2 aromatic heterocycles. The zero-order valence-electron chi connectivity index (χ0n) is 14.7. The van der Waals surface area contributed by atoms with Gasteiger partial charge in [0.05, 0.1) is 11.6 Å². The number of nitrogens with zero attached hydrogens (tertiary/aromatic N) is 4. The van der Waals surface area contributed by atoms with Gasteiger partial charge in [0.2, 0.25) is 0 Å². The normalized spacial score (nSPS) is 20.5. The van der Waals surface area contributed by atoms with Gasteiger partial charge in [0.15, 0.2) is 0 Å². The zero-order chi connectivity index (χ0) is 17.2. The van der Waals surface area contributed by atoms with Gasteiger partial charge in [-0.2, -0.15) is 0 Å². The van der Waals surface area contributed by atoms with Crippen LogP contribution in [0.25, 0.3) is 0 Å². The van der Waals surface area contributed by atoms with E-state index in [2.05, 4.69) is 26.8 Å². The predicted octanol–water partition coefficient (Wildman–Crippen LogP) is 2.89. The highest BCUT2D eigenvalue weighted by Gasteiger charge is 2.27. The molecular formula is C19H25N5O. The first-order valence-electron chi connectivity index (χ1n) is 9.28. The highest BCUT2D eigenvalue weighted by molar-refractivity contribution is 5.94.